The second kappa shape index (κ2) is 5.19. The Morgan fingerprint density at radius 1 is 1.00 bits per heavy atom. The summed E-state index contributed by atoms with van der Waals surface area (Å²) in [4.78, 5) is 13.0. The van der Waals surface area contributed by atoms with Crippen molar-refractivity contribution < 1.29 is 4.79 Å². The third-order valence-corrected chi connectivity index (χ3v) is 3.76. The summed E-state index contributed by atoms with van der Waals surface area (Å²) < 4.78 is 0. The van der Waals surface area contributed by atoms with Gasteiger partial charge in [-0.1, -0.05) is 36.0 Å². The molecular formula is C15H14OS. The molecule has 0 saturated carbocycles. The van der Waals surface area contributed by atoms with Crippen LogP contribution in [0.15, 0.2) is 52.3 Å². The first kappa shape index (κ1) is 11.9. The Morgan fingerprint density at radius 2 is 1.71 bits per heavy atom. The molecule has 0 N–H and O–H groups in total. The molecule has 86 valence electrons. The molecule has 17 heavy (non-hydrogen) atoms. The second-order valence-electron chi connectivity index (χ2n) is 4.06. The van der Waals surface area contributed by atoms with Gasteiger partial charge in [0.25, 0.3) is 0 Å². The van der Waals surface area contributed by atoms with Gasteiger partial charge in [-0.05, 0) is 43.2 Å². The van der Waals surface area contributed by atoms with E-state index in [4.69, 9.17) is 0 Å². The van der Waals surface area contributed by atoms with Crippen molar-refractivity contribution in [1.29, 1.82) is 0 Å². The van der Waals surface area contributed by atoms with E-state index in [9.17, 15) is 4.79 Å². The van der Waals surface area contributed by atoms with Crippen molar-refractivity contribution in [1.82, 2.24) is 0 Å². The fourth-order valence-electron chi connectivity index (χ4n) is 1.56. The maximum Gasteiger partial charge on any atom is 0.150 e. The zero-order valence-electron chi connectivity index (χ0n) is 9.94. The number of rotatable bonds is 3. The van der Waals surface area contributed by atoms with E-state index in [1.807, 2.05) is 24.3 Å². The van der Waals surface area contributed by atoms with Gasteiger partial charge in [0.1, 0.15) is 6.29 Å². The minimum Gasteiger partial charge on any atom is -0.298 e. The Hall–Kier alpha value is -1.54. The molecule has 2 heteroatoms. The summed E-state index contributed by atoms with van der Waals surface area (Å²) in [6.07, 6.45) is 0.867. The van der Waals surface area contributed by atoms with Crippen LogP contribution >= 0.6 is 11.8 Å². The summed E-state index contributed by atoms with van der Waals surface area (Å²) in [5.74, 6) is 0. The maximum absolute atomic E-state index is 10.6. The highest BCUT2D eigenvalue weighted by atomic mass is 32.2. The van der Waals surface area contributed by atoms with E-state index in [1.165, 1.54) is 16.0 Å². The van der Waals surface area contributed by atoms with Gasteiger partial charge in [0.2, 0.25) is 0 Å². The molecule has 2 aromatic rings. The quantitative estimate of drug-likeness (QED) is 0.748. The fourth-order valence-corrected chi connectivity index (χ4v) is 2.56. The molecule has 0 unspecified atom stereocenters. The Labute approximate surface area is 106 Å². The smallest absolute Gasteiger partial charge is 0.150 e. The summed E-state index contributed by atoms with van der Waals surface area (Å²) in [6, 6.07) is 14.1. The standard InChI is InChI=1S/C15H14OS/c1-11-3-4-12(2)15(9-11)17-14-7-5-13(10-16)6-8-14/h3-10H,1-2H3. The fraction of sp³-hybridized carbons (Fsp3) is 0.133. The lowest BCUT2D eigenvalue weighted by molar-refractivity contribution is 0.112. The van der Waals surface area contributed by atoms with Crippen LogP contribution < -0.4 is 0 Å². The lowest BCUT2D eigenvalue weighted by atomic mass is 10.2. The highest BCUT2D eigenvalue weighted by molar-refractivity contribution is 7.99. The lowest BCUT2D eigenvalue weighted by Gasteiger charge is -2.06. The Kier molecular flexibility index (Phi) is 3.64. The van der Waals surface area contributed by atoms with E-state index in [0.29, 0.717) is 0 Å². The molecule has 0 aliphatic carbocycles. The zero-order valence-corrected chi connectivity index (χ0v) is 10.8. The minimum absolute atomic E-state index is 0.718. The summed E-state index contributed by atoms with van der Waals surface area (Å²) in [7, 11) is 0. The van der Waals surface area contributed by atoms with Crippen molar-refractivity contribution >= 4 is 18.0 Å². The maximum atomic E-state index is 10.6. The number of aryl methyl sites for hydroxylation is 2. The van der Waals surface area contributed by atoms with Crippen molar-refractivity contribution in [3.05, 3.63) is 59.2 Å². The zero-order chi connectivity index (χ0) is 12.3. The Morgan fingerprint density at radius 3 is 2.35 bits per heavy atom. The van der Waals surface area contributed by atoms with E-state index in [-0.39, 0.29) is 0 Å². The molecule has 0 radical (unpaired) electrons. The normalized spacial score (nSPS) is 10.2. The van der Waals surface area contributed by atoms with Crippen LogP contribution in [0.4, 0.5) is 0 Å². The molecule has 0 amide bonds. The van der Waals surface area contributed by atoms with E-state index in [2.05, 4.69) is 32.0 Å². The van der Waals surface area contributed by atoms with Crippen molar-refractivity contribution in [2.75, 3.05) is 0 Å². The molecule has 1 nitrogen and oxygen atoms in total. The van der Waals surface area contributed by atoms with Crippen molar-refractivity contribution in [2.24, 2.45) is 0 Å². The minimum atomic E-state index is 0.718. The third-order valence-electron chi connectivity index (χ3n) is 2.59. The van der Waals surface area contributed by atoms with Crippen molar-refractivity contribution in [2.45, 2.75) is 23.6 Å². The third kappa shape index (κ3) is 2.98. The average molecular weight is 242 g/mol. The molecular weight excluding hydrogens is 228 g/mol. The number of carbonyl (C=O) groups is 1. The number of carbonyl (C=O) groups excluding carboxylic acids is 1. The highest BCUT2D eigenvalue weighted by Gasteiger charge is 2.01. The van der Waals surface area contributed by atoms with Gasteiger partial charge >= 0.3 is 0 Å². The van der Waals surface area contributed by atoms with E-state index in [0.717, 1.165) is 16.7 Å². The van der Waals surface area contributed by atoms with Gasteiger partial charge in [-0.2, -0.15) is 0 Å². The molecule has 0 spiro atoms. The van der Waals surface area contributed by atoms with Gasteiger partial charge in [0.05, 0.1) is 0 Å². The Bertz CT molecular complexity index is 529. The number of aldehydes is 1. The molecule has 0 aliphatic heterocycles. The largest absolute Gasteiger partial charge is 0.298 e. The molecule has 0 fully saturated rings. The average Bonchev–Trinajstić information content (AvgIpc) is 2.35. The van der Waals surface area contributed by atoms with Crippen molar-refractivity contribution in [3.8, 4) is 0 Å². The molecule has 2 aromatic carbocycles. The highest BCUT2D eigenvalue weighted by Crippen LogP contribution is 2.30. The van der Waals surface area contributed by atoms with E-state index >= 15 is 0 Å². The first-order valence-electron chi connectivity index (χ1n) is 5.49. The van der Waals surface area contributed by atoms with Crippen LogP contribution in [0.1, 0.15) is 21.5 Å². The first-order chi connectivity index (χ1) is 8.19. The van der Waals surface area contributed by atoms with Crippen LogP contribution in [0.3, 0.4) is 0 Å². The number of hydrogen-bond acceptors (Lipinski definition) is 2. The van der Waals surface area contributed by atoms with E-state index in [1.54, 1.807) is 11.8 Å². The number of benzene rings is 2. The van der Waals surface area contributed by atoms with Gasteiger partial charge in [0.15, 0.2) is 0 Å². The predicted octanol–water partition coefficient (Wildman–Crippen LogP) is 4.27. The van der Waals surface area contributed by atoms with Gasteiger partial charge < -0.3 is 0 Å². The molecule has 2 rings (SSSR count). The number of hydrogen-bond donors (Lipinski definition) is 0. The summed E-state index contributed by atoms with van der Waals surface area (Å²) in [6.45, 7) is 4.21. The van der Waals surface area contributed by atoms with Gasteiger partial charge in [0, 0.05) is 15.4 Å². The van der Waals surface area contributed by atoms with Crippen LogP contribution in [-0.4, -0.2) is 6.29 Å². The molecule has 0 bridgehead atoms. The Balaban J connectivity index is 2.24. The van der Waals surface area contributed by atoms with Crippen LogP contribution in [-0.2, 0) is 0 Å². The van der Waals surface area contributed by atoms with Gasteiger partial charge in [-0.25, -0.2) is 0 Å². The van der Waals surface area contributed by atoms with Gasteiger partial charge in [-0.3, -0.25) is 4.79 Å². The predicted molar refractivity (Wildman–Crippen MR) is 71.9 cm³/mol. The van der Waals surface area contributed by atoms with Crippen molar-refractivity contribution in [3.63, 3.8) is 0 Å². The van der Waals surface area contributed by atoms with Crippen LogP contribution in [0, 0.1) is 13.8 Å². The second-order valence-corrected chi connectivity index (χ2v) is 5.17. The molecule has 0 saturated heterocycles. The lowest BCUT2D eigenvalue weighted by Crippen LogP contribution is -1.83. The molecule has 0 aliphatic rings. The van der Waals surface area contributed by atoms with Gasteiger partial charge in [-0.15, -0.1) is 0 Å². The van der Waals surface area contributed by atoms with Crippen LogP contribution in [0.2, 0.25) is 0 Å². The molecule has 0 atom stereocenters. The summed E-state index contributed by atoms with van der Waals surface area (Å²) in [5.41, 5.74) is 3.26. The van der Waals surface area contributed by atoms with Crippen LogP contribution in [0.25, 0.3) is 0 Å². The monoisotopic (exact) mass is 242 g/mol. The SMILES string of the molecule is Cc1ccc(C)c(Sc2ccc(C=O)cc2)c1. The van der Waals surface area contributed by atoms with E-state index < -0.39 is 0 Å². The summed E-state index contributed by atoms with van der Waals surface area (Å²) >= 11 is 1.73. The van der Waals surface area contributed by atoms with Crippen LogP contribution in [0.5, 0.6) is 0 Å². The first-order valence-corrected chi connectivity index (χ1v) is 6.31. The summed E-state index contributed by atoms with van der Waals surface area (Å²) in [5, 5.41) is 0. The molecule has 0 heterocycles. The topological polar surface area (TPSA) is 17.1 Å². The molecule has 0 aromatic heterocycles.